The lowest BCUT2D eigenvalue weighted by atomic mass is 9.99. The van der Waals surface area contributed by atoms with E-state index in [0.29, 0.717) is 0 Å². The number of carboxylic acids is 1. The molecule has 82 valence electrons. The molecule has 0 aromatic carbocycles. The number of carbonyl (C=O) groups is 1. The molecule has 1 aliphatic rings. The quantitative estimate of drug-likeness (QED) is 0.811. The Morgan fingerprint density at radius 1 is 1.67 bits per heavy atom. The van der Waals surface area contributed by atoms with Gasteiger partial charge in [0.2, 0.25) is 0 Å². The average molecular weight is 226 g/mol. The number of aromatic amines is 1. The SMILES string of the molecule is CC1(c2cc(C(=O)O)n[nH]2)CCCCS1. The van der Waals surface area contributed by atoms with E-state index in [0.717, 1.165) is 17.9 Å². The number of thioether (sulfide) groups is 1. The van der Waals surface area contributed by atoms with Crippen molar-refractivity contribution in [3.63, 3.8) is 0 Å². The molecule has 0 spiro atoms. The molecule has 1 aromatic heterocycles. The van der Waals surface area contributed by atoms with Crippen molar-refractivity contribution in [3.8, 4) is 0 Å². The van der Waals surface area contributed by atoms with Gasteiger partial charge in [0, 0.05) is 0 Å². The van der Waals surface area contributed by atoms with Gasteiger partial charge >= 0.3 is 5.97 Å². The third kappa shape index (κ3) is 2.02. The highest BCUT2D eigenvalue weighted by Gasteiger charge is 2.31. The maximum atomic E-state index is 10.7. The number of carboxylic acid groups (broad SMARTS) is 1. The molecule has 0 saturated carbocycles. The zero-order valence-corrected chi connectivity index (χ0v) is 9.43. The Morgan fingerprint density at radius 2 is 2.47 bits per heavy atom. The summed E-state index contributed by atoms with van der Waals surface area (Å²) in [5, 5.41) is 15.4. The van der Waals surface area contributed by atoms with Crippen LogP contribution in [-0.2, 0) is 4.75 Å². The molecule has 2 heterocycles. The van der Waals surface area contributed by atoms with E-state index in [4.69, 9.17) is 5.11 Å². The monoisotopic (exact) mass is 226 g/mol. The van der Waals surface area contributed by atoms with Gasteiger partial charge in [0.15, 0.2) is 5.69 Å². The van der Waals surface area contributed by atoms with Crippen LogP contribution in [0.3, 0.4) is 0 Å². The van der Waals surface area contributed by atoms with Crippen LogP contribution in [0, 0.1) is 0 Å². The molecule has 1 atom stereocenters. The van der Waals surface area contributed by atoms with Crippen molar-refractivity contribution >= 4 is 17.7 Å². The van der Waals surface area contributed by atoms with E-state index in [-0.39, 0.29) is 10.4 Å². The second-order valence-corrected chi connectivity index (χ2v) is 5.61. The van der Waals surface area contributed by atoms with Gasteiger partial charge in [0.05, 0.1) is 10.4 Å². The van der Waals surface area contributed by atoms with Crippen LogP contribution in [0.5, 0.6) is 0 Å². The van der Waals surface area contributed by atoms with Crippen LogP contribution in [-0.4, -0.2) is 27.0 Å². The summed E-state index contributed by atoms with van der Waals surface area (Å²) in [6.45, 7) is 2.15. The molecular formula is C10H14N2O2S. The normalized spacial score (nSPS) is 26.5. The summed E-state index contributed by atoms with van der Waals surface area (Å²) < 4.78 is 0.0128. The summed E-state index contributed by atoms with van der Waals surface area (Å²) in [5.74, 6) is 0.166. The first-order valence-corrected chi connectivity index (χ1v) is 6.03. The van der Waals surface area contributed by atoms with E-state index < -0.39 is 5.97 Å². The third-order valence-corrected chi connectivity index (χ3v) is 4.39. The minimum absolute atomic E-state index is 0.0128. The van der Waals surface area contributed by atoms with Gasteiger partial charge in [-0.3, -0.25) is 5.10 Å². The zero-order valence-electron chi connectivity index (χ0n) is 8.62. The summed E-state index contributed by atoms with van der Waals surface area (Å²) in [7, 11) is 0. The molecule has 5 heteroatoms. The average Bonchev–Trinajstić information content (AvgIpc) is 2.68. The van der Waals surface area contributed by atoms with Crippen molar-refractivity contribution in [2.75, 3.05) is 5.75 Å². The molecule has 4 nitrogen and oxygen atoms in total. The van der Waals surface area contributed by atoms with Crippen LogP contribution in [0.15, 0.2) is 6.07 Å². The zero-order chi connectivity index (χ0) is 10.9. The van der Waals surface area contributed by atoms with Gasteiger partial charge in [-0.15, -0.1) is 11.8 Å². The topological polar surface area (TPSA) is 66.0 Å². The lowest BCUT2D eigenvalue weighted by Gasteiger charge is -2.31. The number of aromatic carboxylic acids is 1. The van der Waals surface area contributed by atoms with Crippen molar-refractivity contribution < 1.29 is 9.90 Å². The molecule has 0 bridgehead atoms. The van der Waals surface area contributed by atoms with Crippen LogP contribution < -0.4 is 0 Å². The second kappa shape index (κ2) is 3.89. The fourth-order valence-electron chi connectivity index (χ4n) is 1.85. The van der Waals surface area contributed by atoms with Gasteiger partial charge in [0.25, 0.3) is 0 Å². The van der Waals surface area contributed by atoms with E-state index in [9.17, 15) is 4.79 Å². The summed E-state index contributed by atoms with van der Waals surface area (Å²) >= 11 is 1.88. The summed E-state index contributed by atoms with van der Waals surface area (Å²) in [6, 6.07) is 1.65. The standard InChI is InChI=1S/C10H14N2O2S/c1-10(4-2-3-5-15-10)8-6-7(9(13)14)11-12-8/h6H,2-5H2,1H3,(H,11,12)(H,13,14). The van der Waals surface area contributed by atoms with Gasteiger partial charge in [-0.05, 0) is 31.6 Å². The Morgan fingerprint density at radius 3 is 3.00 bits per heavy atom. The lowest BCUT2D eigenvalue weighted by molar-refractivity contribution is 0.0690. The van der Waals surface area contributed by atoms with Gasteiger partial charge in [-0.1, -0.05) is 6.42 Å². The molecule has 15 heavy (non-hydrogen) atoms. The maximum absolute atomic E-state index is 10.7. The van der Waals surface area contributed by atoms with Crippen molar-refractivity contribution in [2.45, 2.75) is 30.9 Å². The minimum Gasteiger partial charge on any atom is -0.476 e. The molecular weight excluding hydrogens is 212 g/mol. The van der Waals surface area contributed by atoms with Gasteiger partial charge in [-0.25, -0.2) is 4.79 Å². The number of nitrogens with zero attached hydrogens (tertiary/aromatic N) is 1. The van der Waals surface area contributed by atoms with Crippen LogP contribution in [0.2, 0.25) is 0 Å². The molecule has 2 rings (SSSR count). The Hall–Kier alpha value is -0.970. The molecule has 0 radical (unpaired) electrons. The molecule has 0 amide bonds. The number of H-pyrrole nitrogens is 1. The highest BCUT2D eigenvalue weighted by atomic mass is 32.2. The Kier molecular flexibility index (Phi) is 2.73. The highest BCUT2D eigenvalue weighted by molar-refractivity contribution is 8.00. The van der Waals surface area contributed by atoms with E-state index in [1.54, 1.807) is 6.07 Å². The number of hydrogen-bond donors (Lipinski definition) is 2. The van der Waals surface area contributed by atoms with Gasteiger partial charge < -0.3 is 5.11 Å². The largest absolute Gasteiger partial charge is 0.476 e. The van der Waals surface area contributed by atoms with Gasteiger partial charge in [0.1, 0.15) is 0 Å². The smallest absolute Gasteiger partial charge is 0.356 e. The van der Waals surface area contributed by atoms with E-state index in [1.165, 1.54) is 12.8 Å². The van der Waals surface area contributed by atoms with E-state index in [1.807, 2.05) is 11.8 Å². The predicted molar refractivity (Wildman–Crippen MR) is 59.2 cm³/mol. The molecule has 1 saturated heterocycles. The van der Waals surface area contributed by atoms with Crippen molar-refractivity contribution in [3.05, 3.63) is 17.5 Å². The highest BCUT2D eigenvalue weighted by Crippen LogP contribution is 2.43. The Labute approximate surface area is 92.5 Å². The second-order valence-electron chi connectivity index (χ2n) is 4.01. The van der Waals surface area contributed by atoms with Gasteiger partial charge in [-0.2, -0.15) is 5.10 Å². The fraction of sp³-hybridized carbons (Fsp3) is 0.600. The van der Waals surface area contributed by atoms with Crippen LogP contribution >= 0.6 is 11.8 Å². The molecule has 2 N–H and O–H groups in total. The first-order valence-electron chi connectivity index (χ1n) is 5.05. The predicted octanol–water partition coefficient (Wildman–Crippen LogP) is 2.24. The number of hydrogen-bond acceptors (Lipinski definition) is 3. The number of aromatic nitrogens is 2. The third-order valence-electron chi connectivity index (χ3n) is 2.84. The van der Waals surface area contributed by atoms with Crippen LogP contribution in [0.4, 0.5) is 0 Å². The van der Waals surface area contributed by atoms with Crippen molar-refractivity contribution in [2.24, 2.45) is 0 Å². The molecule has 1 fully saturated rings. The van der Waals surface area contributed by atoms with E-state index in [2.05, 4.69) is 17.1 Å². The first-order chi connectivity index (χ1) is 7.12. The Bertz CT molecular complexity index is 369. The fourth-order valence-corrected chi connectivity index (χ4v) is 3.20. The maximum Gasteiger partial charge on any atom is 0.356 e. The molecule has 1 aliphatic heterocycles. The van der Waals surface area contributed by atoms with Crippen LogP contribution in [0.25, 0.3) is 0 Å². The summed E-state index contributed by atoms with van der Waals surface area (Å²) in [6.07, 6.45) is 3.53. The van der Waals surface area contributed by atoms with Crippen molar-refractivity contribution in [1.29, 1.82) is 0 Å². The number of rotatable bonds is 2. The first kappa shape index (κ1) is 10.5. The summed E-state index contributed by atoms with van der Waals surface area (Å²) in [5.41, 5.74) is 1.04. The molecule has 1 aromatic rings. The van der Waals surface area contributed by atoms with E-state index >= 15 is 0 Å². The number of nitrogens with one attached hydrogen (secondary N) is 1. The summed E-state index contributed by atoms with van der Waals surface area (Å²) in [4.78, 5) is 10.7. The molecule has 1 unspecified atom stereocenters. The molecule has 0 aliphatic carbocycles. The Balaban J connectivity index is 2.23. The van der Waals surface area contributed by atoms with Crippen molar-refractivity contribution in [1.82, 2.24) is 10.2 Å². The lowest BCUT2D eigenvalue weighted by Crippen LogP contribution is -2.22. The minimum atomic E-state index is -0.970. The van der Waals surface area contributed by atoms with Crippen LogP contribution in [0.1, 0.15) is 42.4 Å².